The van der Waals surface area contributed by atoms with Gasteiger partial charge in [-0.2, -0.15) is 0 Å². The van der Waals surface area contributed by atoms with Gasteiger partial charge in [-0.1, -0.05) is 11.3 Å². The third-order valence-corrected chi connectivity index (χ3v) is 8.10. The van der Waals surface area contributed by atoms with Gasteiger partial charge in [0.05, 0.1) is 12.8 Å². The van der Waals surface area contributed by atoms with Crippen LogP contribution in [0, 0.1) is 11.8 Å². The molecule has 1 fully saturated rings. The number of hydrogen-bond donors (Lipinski definition) is 0. The summed E-state index contributed by atoms with van der Waals surface area (Å²) in [5.74, 6) is -0.880. The van der Waals surface area contributed by atoms with Crippen molar-refractivity contribution in [3.63, 3.8) is 0 Å². The molecule has 0 atom stereocenters. The van der Waals surface area contributed by atoms with E-state index in [0.717, 1.165) is 75.7 Å². The Hall–Kier alpha value is -2.40. The lowest BCUT2D eigenvalue weighted by atomic mass is 9.81. The minimum absolute atomic E-state index is 0.136. The highest BCUT2D eigenvalue weighted by atomic mass is 32.1. The molecule has 204 valence electrons. The van der Waals surface area contributed by atoms with E-state index in [2.05, 4.69) is 20.0 Å². The van der Waals surface area contributed by atoms with E-state index in [1.165, 1.54) is 24.9 Å². The van der Waals surface area contributed by atoms with Gasteiger partial charge < -0.3 is 18.9 Å². The second kappa shape index (κ2) is 12.9. The largest absolute Gasteiger partial charge is 0.479 e. The smallest absolute Gasteiger partial charge is 0.278 e. The van der Waals surface area contributed by atoms with E-state index in [-0.39, 0.29) is 5.91 Å². The van der Waals surface area contributed by atoms with Gasteiger partial charge in [0.15, 0.2) is 6.61 Å². The van der Waals surface area contributed by atoms with Crippen molar-refractivity contribution in [2.45, 2.75) is 70.6 Å². The predicted octanol–water partition coefficient (Wildman–Crippen LogP) is 5.00. The number of aromatic nitrogens is 2. The summed E-state index contributed by atoms with van der Waals surface area (Å²) in [7, 11) is 1.52. The second-order valence-electron chi connectivity index (χ2n) is 10.1. The van der Waals surface area contributed by atoms with Gasteiger partial charge >= 0.3 is 0 Å². The normalized spacial score (nSPS) is 21.1. The molecule has 1 saturated carbocycles. The first-order chi connectivity index (χ1) is 17.8. The van der Waals surface area contributed by atoms with Gasteiger partial charge in [0.25, 0.3) is 17.0 Å². The number of methoxy groups -OCH3 is 1. The summed E-state index contributed by atoms with van der Waals surface area (Å²) in [6.45, 7) is 3.19. The summed E-state index contributed by atoms with van der Waals surface area (Å²) >= 11 is 1.41. The Labute approximate surface area is 220 Å². The lowest BCUT2D eigenvalue weighted by Gasteiger charge is -2.28. The molecule has 0 bridgehead atoms. The molecule has 1 aliphatic carbocycles. The number of carbonyl (C=O) groups is 1. The van der Waals surface area contributed by atoms with E-state index in [4.69, 9.17) is 14.0 Å². The van der Waals surface area contributed by atoms with E-state index in [1.54, 1.807) is 6.07 Å². The van der Waals surface area contributed by atoms with E-state index in [9.17, 15) is 13.6 Å². The molecule has 37 heavy (non-hydrogen) atoms. The van der Waals surface area contributed by atoms with Crippen LogP contribution >= 0.6 is 11.3 Å². The third-order valence-electron chi connectivity index (χ3n) is 7.03. The molecule has 1 amide bonds. The first-order valence-corrected chi connectivity index (χ1v) is 13.9. The lowest BCUT2D eigenvalue weighted by Crippen LogP contribution is -2.29. The van der Waals surface area contributed by atoms with Crippen LogP contribution in [0.5, 0.6) is 11.1 Å². The zero-order chi connectivity index (χ0) is 26.3. The number of carbonyl (C=O) groups excluding carboxylic acids is 1. The van der Waals surface area contributed by atoms with Gasteiger partial charge in [-0.05, 0) is 62.1 Å². The Morgan fingerprint density at radius 1 is 1.30 bits per heavy atom. The number of alkyl halides is 2. The third kappa shape index (κ3) is 8.84. The fourth-order valence-electron chi connectivity index (χ4n) is 4.84. The molecular formula is C26H36F2N4O4S. The van der Waals surface area contributed by atoms with Gasteiger partial charge in [-0.15, -0.1) is 0 Å². The molecule has 4 rings (SSSR count). The van der Waals surface area contributed by atoms with Gasteiger partial charge in [0.1, 0.15) is 5.76 Å². The number of aryl methyl sites for hydroxylation is 1. The van der Waals surface area contributed by atoms with Crippen molar-refractivity contribution < 1.29 is 27.6 Å². The Balaban J connectivity index is 1.11. The number of nitrogens with zero attached hydrogens (tertiary/aromatic N) is 4. The number of ether oxygens (including phenoxy) is 2. The fraction of sp³-hybridized carbons (Fsp3) is 0.692. The molecule has 0 unspecified atom stereocenters. The van der Waals surface area contributed by atoms with Crippen molar-refractivity contribution in [2.75, 3.05) is 33.4 Å². The molecule has 2 aromatic rings. The summed E-state index contributed by atoms with van der Waals surface area (Å²) in [6.07, 6.45) is 9.96. The maximum absolute atomic E-state index is 13.0. The monoisotopic (exact) mass is 538 g/mol. The van der Waals surface area contributed by atoms with Gasteiger partial charge in [-0.3, -0.25) is 4.79 Å². The molecule has 0 aromatic carbocycles. The van der Waals surface area contributed by atoms with Crippen LogP contribution < -0.4 is 9.47 Å². The first-order valence-electron chi connectivity index (χ1n) is 13.1. The summed E-state index contributed by atoms with van der Waals surface area (Å²) in [5.41, 5.74) is 0.997. The highest BCUT2D eigenvalue weighted by Gasteiger charge is 2.25. The second-order valence-corrected chi connectivity index (χ2v) is 11.2. The number of amides is 1. The van der Waals surface area contributed by atoms with E-state index < -0.39 is 12.5 Å². The lowest BCUT2D eigenvalue weighted by molar-refractivity contribution is -0.117. The Morgan fingerprint density at radius 3 is 2.81 bits per heavy atom. The fourth-order valence-corrected chi connectivity index (χ4v) is 5.79. The number of halogens is 2. The van der Waals surface area contributed by atoms with Crippen molar-refractivity contribution in [1.29, 1.82) is 0 Å². The molecule has 0 N–H and O–H groups in total. The topological polar surface area (TPSA) is 90.0 Å². The van der Waals surface area contributed by atoms with Crippen LogP contribution in [0.15, 0.2) is 15.6 Å². The highest BCUT2D eigenvalue weighted by Crippen LogP contribution is 2.32. The van der Waals surface area contributed by atoms with E-state index in [0.29, 0.717) is 41.5 Å². The molecule has 0 spiro atoms. The van der Waals surface area contributed by atoms with E-state index in [1.807, 2.05) is 6.21 Å². The predicted molar refractivity (Wildman–Crippen MR) is 137 cm³/mol. The summed E-state index contributed by atoms with van der Waals surface area (Å²) < 4.78 is 41.4. The van der Waals surface area contributed by atoms with Crippen molar-refractivity contribution in [1.82, 2.24) is 15.0 Å². The Bertz CT molecular complexity index is 1020. The number of rotatable bonds is 11. The molecule has 3 heterocycles. The summed E-state index contributed by atoms with van der Waals surface area (Å²) in [4.78, 5) is 24.4. The Kier molecular flexibility index (Phi) is 9.64. The van der Waals surface area contributed by atoms with Crippen LogP contribution in [0.25, 0.3) is 0 Å². The average Bonchev–Trinajstić information content (AvgIpc) is 3.47. The zero-order valence-corrected chi connectivity index (χ0v) is 22.4. The molecule has 11 heteroatoms. The van der Waals surface area contributed by atoms with Crippen LogP contribution in [-0.2, 0) is 24.1 Å². The number of thiazole rings is 1. The molecule has 1 aliphatic heterocycles. The highest BCUT2D eigenvalue weighted by molar-refractivity contribution is 7.13. The molecule has 0 saturated heterocycles. The van der Waals surface area contributed by atoms with Gasteiger partial charge in [-0.25, -0.2) is 18.8 Å². The molecule has 8 nitrogen and oxygen atoms in total. The van der Waals surface area contributed by atoms with Crippen molar-refractivity contribution in [3.05, 3.63) is 22.4 Å². The zero-order valence-electron chi connectivity index (χ0n) is 21.6. The van der Waals surface area contributed by atoms with Crippen molar-refractivity contribution >= 4 is 23.5 Å². The standard InChI is InChI=1S/C26H36F2N4O4S/c1-26(27,28)17-35-25-30-21-10-13-32(14-11-22(21)37-25)12-9-18-3-5-19(6-4-18)16-29-23(33)8-7-20-15-24(34-2)31-36-20/h15-16,18-19H,3-14,17H2,1-2H3. The summed E-state index contributed by atoms with van der Waals surface area (Å²) in [6, 6.07) is 1.69. The number of hydrogen-bond acceptors (Lipinski definition) is 8. The maximum Gasteiger partial charge on any atom is 0.278 e. The van der Waals surface area contributed by atoms with Gasteiger partial charge in [0, 0.05) is 56.4 Å². The molecule has 2 aliphatic rings. The number of aliphatic imine (C=N–C) groups is 1. The average molecular weight is 539 g/mol. The van der Waals surface area contributed by atoms with Crippen molar-refractivity contribution in [3.8, 4) is 11.1 Å². The minimum Gasteiger partial charge on any atom is -0.479 e. The molecular weight excluding hydrogens is 502 g/mol. The molecule has 0 radical (unpaired) electrons. The molecule has 2 aromatic heterocycles. The van der Waals surface area contributed by atoms with Gasteiger partial charge in [0.2, 0.25) is 5.91 Å². The number of fused-ring (bicyclic) bond motifs is 1. The summed E-state index contributed by atoms with van der Waals surface area (Å²) in [5, 5.41) is 4.09. The first kappa shape index (κ1) is 27.6. The SMILES string of the molecule is COc1cc(CCC(=O)N=CC2CCC(CCN3CCc4nc(OCC(C)(F)F)sc4CC3)CC2)on1. The quantitative estimate of drug-likeness (QED) is 0.372. The van der Waals surface area contributed by atoms with Crippen LogP contribution in [0.3, 0.4) is 0 Å². The van der Waals surface area contributed by atoms with E-state index >= 15 is 0 Å². The Morgan fingerprint density at radius 2 is 2.08 bits per heavy atom. The maximum atomic E-state index is 13.0. The van der Waals surface area contributed by atoms with Crippen LogP contribution in [0.2, 0.25) is 0 Å². The van der Waals surface area contributed by atoms with Crippen molar-refractivity contribution in [2.24, 2.45) is 16.8 Å². The van der Waals surface area contributed by atoms with Crippen LogP contribution in [0.4, 0.5) is 8.78 Å². The van der Waals surface area contributed by atoms with Crippen LogP contribution in [-0.4, -0.2) is 66.4 Å². The van der Waals surface area contributed by atoms with Crippen LogP contribution in [0.1, 0.15) is 61.8 Å². The minimum atomic E-state index is -2.85.